The maximum Gasteiger partial charge on any atom is 0.171 e. The molecule has 98 valence electrons. The van der Waals surface area contributed by atoms with E-state index in [0.29, 0.717) is 5.11 Å². The van der Waals surface area contributed by atoms with Gasteiger partial charge in [-0.2, -0.15) is 0 Å². The molecule has 2 rings (SSSR count). The number of anilines is 1. The number of hydrogen-bond acceptors (Lipinski definition) is 2. The van der Waals surface area contributed by atoms with Crippen LogP contribution >= 0.6 is 12.2 Å². The van der Waals surface area contributed by atoms with Crippen LogP contribution in [0.4, 0.5) is 5.69 Å². The molecule has 0 aliphatic rings. The summed E-state index contributed by atoms with van der Waals surface area (Å²) in [7, 11) is 0. The molecule has 0 radical (unpaired) electrons. The standard InChI is InChI=1S/C15H17N3S/c1-11-6-5-7-13(10-11)18-15(19)17-12(2)14-8-3-4-9-16-14/h3-10,12H,1-2H3,(H2,17,18,19)/t12-/m0/s1. The second kappa shape index (κ2) is 6.29. The van der Waals surface area contributed by atoms with Gasteiger partial charge in [0.25, 0.3) is 0 Å². The zero-order valence-electron chi connectivity index (χ0n) is 11.1. The van der Waals surface area contributed by atoms with E-state index in [-0.39, 0.29) is 6.04 Å². The van der Waals surface area contributed by atoms with Gasteiger partial charge in [0.15, 0.2) is 5.11 Å². The Morgan fingerprint density at radius 1 is 1.21 bits per heavy atom. The van der Waals surface area contributed by atoms with Crippen LogP contribution in [0.15, 0.2) is 48.7 Å². The Kier molecular flexibility index (Phi) is 4.47. The fourth-order valence-corrected chi connectivity index (χ4v) is 2.09. The highest BCUT2D eigenvalue weighted by Crippen LogP contribution is 2.11. The fourth-order valence-electron chi connectivity index (χ4n) is 1.79. The van der Waals surface area contributed by atoms with Gasteiger partial charge in [0.1, 0.15) is 0 Å². The van der Waals surface area contributed by atoms with Gasteiger partial charge < -0.3 is 10.6 Å². The van der Waals surface area contributed by atoms with E-state index in [1.165, 1.54) is 5.56 Å². The highest BCUT2D eigenvalue weighted by atomic mass is 32.1. The fraction of sp³-hybridized carbons (Fsp3) is 0.200. The summed E-state index contributed by atoms with van der Waals surface area (Å²) in [5.41, 5.74) is 3.16. The molecule has 1 atom stereocenters. The number of aryl methyl sites for hydroxylation is 1. The molecule has 4 heteroatoms. The van der Waals surface area contributed by atoms with Crippen molar-refractivity contribution in [3.63, 3.8) is 0 Å². The molecule has 2 aromatic rings. The first-order valence-corrected chi connectivity index (χ1v) is 6.61. The lowest BCUT2D eigenvalue weighted by Gasteiger charge is -2.16. The number of hydrogen-bond donors (Lipinski definition) is 2. The van der Waals surface area contributed by atoms with Crippen LogP contribution < -0.4 is 10.6 Å². The quantitative estimate of drug-likeness (QED) is 0.839. The monoisotopic (exact) mass is 271 g/mol. The van der Waals surface area contributed by atoms with E-state index in [1.807, 2.05) is 37.3 Å². The molecule has 0 saturated carbocycles. The normalized spacial score (nSPS) is 11.7. The van der Waals surface area contributed by atoms with Gasteiger partial charge in [0.05, 0.1) is 11.7 Å². The smallest absolute Gasteiger partial charge is 0.171 e. The van der Waals surface area contributed by atoms with Gasteiger partial charge in [-0.15, -0.1) is 0 Å². The van der Waals surface area contributed by atoms with Gasteiger partial charge >= 0.3 is 0 Å². The predicted octanol–water partition coefficient (Wildman–Crippen LogP) is 3.44. The molecule has 0 aliphatic carbocycles. The van der Waals surface area contributed by atoms with Gasteiger partial charge in [-0.1, -0.05) is 18.2 Å². The third kappa shape index (κ3) is 4.03. The molecule has 0 bridgehead atoms. The zero-order valence-corrected chi connectivity index (χ0v) is 11.9. The number of aromatic nitrogens is 1. The molecule has 1 aromatic heterocycles. The largest absolute Gasteiger partial charge is 0.354 e. The Morgan fingerprint density at radius 2 is 2.05 bits per heavy atom. The molecular formula is C15H17N3S. The molecule has 0 fully saturated rings. The molecule has 19 heavy (non-hydrogen) atoms. The van der Waals surface area contributed by atoms with E-state index in [2.05, 4.69) is 34.7 Å². The molecule has 3 nitrogen and oxygen atoms in total. The number of thiocarbonyl (C=S) groups is 1. The topological polar surface area (TPSA) is 37.0 Å². The summed E-state index contributed by atoms with van der Waals surface area (Å²) in [6.07, 6.45) is 1.78. The minimum absolute atomic E-state index is 0.0750. The zero-order chi connectivity index (χ0) is 13.7. The van der Waals surface area contributed by atoms with Crippen molar-refractivity contribution in [3.8, 4) is 0 Å². The molecular weight excluding hydrogens is 254 g/mol. The van der Waals surface area contributed by atoms with Crippen molar-refractivity contribution in [3.05, 3.63) is 59.9 Å². The van der Waals surface area contributed by atoms with E-state index < -0.39 is 0 Å². The molecule has 1 aromatic carbocycles. The maximum atomic E-state index is 5.31. The SMILES string of the molecule is Cc1cccc(NC(=S)N[C@@H](C)c2ccccn2)c1. The van der Waals surface area contributed by atoms with Crippen molar-refractivity contribution in [2.75, 3.05) is 5.32 Å². The van der Waals surface area contributed by atoms with Crippen molar-refractivity contribution in [1.82, 2.24) is 10.3 Å². The summed E-state index contributed by atoms with van der Waals surface area (Å²) < 4.78 is 0. The van der Waals surface area contributed by atoms with Crippen molar-refractivity contribution in [2.24, 2.45) is 0 Å². The van der Waals surface area contributed by atoms with Crippen LogP contribution in [0.2, 0.25) is 0 Å². The Bertz CT molecular complexity index is 554. The second-order valence-electron chi connectivity index (χ2n) is 4.44. The van der Waals surface area contributed by atoms with Crippen LogP contribution in [-0.2, 0) is 0 Å². The van der Waals surface area contributed by atoms with E-state index in [9.17, 15) is 0 Å². The average molecular weight is 271 g/mol. The summed E-state index contributed by atoms with van der Waals surface area (Å²) >= 11 is 5.31. The van der Waals surface area contributed by atoms with Crippen molar-refractivity contribution in [2.45, 2.75) is 19.9 Å². The number of pyridine rings is 1. The Labute approximate surface area is 119 Å². The van der Waals surface area contributed by atoms with Gasteiger partial charge in [-0.25, -0.2) is 0 Å². The minimum atomic E-state index is 0.0750. The first-order chi connectivity index (χ1) is 9.15. The Balaban J connectivity index is 1.95. The summed E-state index contributed by atoms with van der Waals surface area (Å²) in [6.45, 7) is 4.09. The van der Waals surface area contributed by atoms with E-state index in [4.69, 9.17) is 12.2 Å². The lowest BCUT2D eigenvalue weighted by Crippen LogP contribution is -2.31. The first-order valence-electron chi connectivity index (χ1n) is 6.20. The lowest BCUT2D eigenvalue weighted by atomic mass is 10.2. The van der Waals surface area contributed by atoms with Crippen LogP contribution in [0.5, 0.6) is 0 Å². The van der Waals surface area contributed by atoms with Gasteiger partial charge in [0.2, 0.25) is 0 Å². The van der Waals surface area contributed by atoms with Crippen molar-refractivity contribution < 1.29 is 0 Å². The average Bonchev–Trinajstić information content (AvgIpc) is 2.39. The van der Waals surface area contributed by atoms with Crippen LogP contribution in [0, 0.1) is 6.92 Å². The van der Waals surface area contributed by atoms with Gasteiger partial charge in [0, 0.05) is 11.9 Å². The first kappa shape index (κ1) is 13.5. The van der Waals surface area contributed by atoms with Crippen molar-refractivity contribution >= 4 is 23.0 Å². The number of nitrogens with one attached hydrogen (secondary N) is 2. The predicted molar refractivity (Wildman–Crippen MR) is 83.2 cm³/mol. The van der Waals surface area contributed by atoms with Crippen LogP contribution in [0.1, 0.15) is 24.2 Å². The van der Waals surface area contributed by atoms with Crippen LogP contribution in [0.3, 0.4) is 0 Å². The van der Waals surface area contributed by atoms with E-state index >= 15 is 0 Å². The Morgan fingerprint density at radius 3 is 2.74 bits per heavy atom. The third-order valence-electron chi connectivity index (χ3n) is 2.75. The van der Waals surface area contributed by atoms with Crippen molar-refractivity contribution in [1.29, 1.82) is 0 Å². The maximum absolute atomic E-state index is 5.31. The van der Waals surface area contributed by atoms with E-state index in [0.717, 1.165) is 11.4 Å². The molecule has 0 amide bonds. The highest BCUT2D eigenvalue weighted by molar-refractivity contribution is 7.80. The summed E-state index contributed by atoms with van der Waals surface area (Å²) in [5, 5.41) is 7.00. The van der Waals surface area contributed by atoms with Crippen LogP contribution in [-0.4, -0.2) is 10.1 Å². The number of benzene rings is 1. The summed E-state index contributed by atoms with van der Waals surface area (Å²) in [5.74, 6) is 0. The molecule has 0 spiro atoms. The summed E-state index contributed by atoms with van der Waals surface area (Å²) in [4.78, 5) is 4.30. The number of rotatable bonds is 3. The third-order valence-corrected chi connectivity index (χ3v) is 2.97. The Hall–Kier alpha value is -1.94. The second-order valence-corrected chi connectivity index (χ2v) is 4.85. The highest BCUT2D eigenvalue weighted by Gasteiger charge is 2.07. The van der Waals surface area contributed by atoms with Gasteiger partial charge in [-0.05, 0) is 55.9 Å². The molecule has 0 unspecified atom stereocenters. The summed E-state index contributed by atoms with van der Waals surface area (Å²) in [6, 6.07) is 14.0. The number of nitrogens with zero attached hydrogens (tertiary/aromatic N) is 1. The minimum Gasteiger partial charge on any atom is -0.354 e. The lowest BCUT2D eigenvalue weighted by molar-refractivity contribution is 0.696. The molecule has 0 saturated heterocycles. The molecule has 1 heterocycles. The van der Waals surface area contributed by atoms with E-state index in [1.54, 1.807) is 6.20 Å². The van der Waals surface area contributed by atoms with Gasteiger partial charge in [-0.3, -0.25) is 4.98 Å². The molecule has 0 aliphatic heterocycles. The molecule has 2 N–H and O–H groups in total. The van der Waals surface area contributed by atoms with Crippen LogP contribution in [0.25, 0.3) is 0 Å².